The Balaban J connectivity index is 1.79. The molecule has 0 saturated carbocycles. The molecule has 0 aromatic heterocycles. The topological polar surface area (TPSA) is 102 Å². The summed E-state index contributed by atoms with van der Waals surface area (Å²) in [5, 5.41) is 5.22. The highest BCUT2D eigenvalue weighted by molar-refractivity contribution is 6.00. The first-order valence-corrected chi connectivity index (χ1v) is 9.51. The summed E-state index contributed by atoms with van der Waals surface area (Å²) in [7, 11) is 0. The summed E-state index contributed by atoms with van der Waals surface area (Å²) in [6.07, 6.45) is 0. The fourth-order valence-corrected chi connectivity index (χ4v) is 2.30. The third-order valence-corrected chi connectivity index (χ3v) is 4.22. The molecule has 0 unspecified atom stereocenters. The normalized spacial score (nSPS) is 10.8. The number of Topliss-reactive ketones (excluding diaryl/α,β-unsaturated/α-hetero) is 1. The first-order chi connectivity index (χ1) is 14.1. The van der Waals surface area contributed by atoms with Crippen LogP contribution in [0.1, 0.15) is 47.1 Å². The first-order valence-electron chi connectivity index (χ1n) is 9.51. The molecule has 0 heterocycles. The van der Waals surface area contributed by atoms with Gasteiger partial charge < -0.3 is 15.4 Å². The van der Waals surface area contributed by atoms with Gasteiger partial charge in [0, 0.05) is 22.2 Å². The van der Waals surface area contributed by atoms with Gasteiger partial charge in [-0.15, -0.1) is 0 Å². The SMILES string of the molecule is Cc1ccc(C(=O)NCC(=O)OCC(=O)c2ccc(NC(=O)C(C)(C)C)cc2)cc1. The average Bonchev–Trinajstić information content (AvgIpc) is 2.70. The van der Waals surface area contributed by atoms with Crippen LogP contribution in [0.15, 0.2) is 48.5 Å². The number of amides is 2. The Hall–Kier alpha value is -3.48. The van der Waals surface area contributed by atoms with Crippen molar-refractivity contribution in [1.29, 1.82) is 0 Å². The molecule has 0 aliphatic rings. The number of nitrogens with one attached hydrogen (secondary N) is 2. The van der Waals surface area contributed by atoms with Crippen molar-refractivity contribution in [2.75, 3.05) is 18.5 Å². The highest BCUT2D eigenvalue weighted by Crippen LogP contribution is 2.18. The molecular weight excluding hydrogens is 384 g/mol. The minimum Gasteiger partial charge on any atom is -0.456 e. The fraction of sp³-hybridized carbons (Fsp3) is 0.304. The molecule has 30 heavy (non-hydrogen) atoms. The number of ketones is 1. The second-order valence-corrected chi connectivity index (χ2v) is 7.91. The molecule has 2 N–H and O–H groups in total. The van der Waals surface area contributed by atoms with Gasteiger partial charge in [0.25, 0.3) is 5.91 Å². The number of aryl methyl sites for hydroxylation is 1. The van der Waals surface area contributed by atoms with E-state index in [0.717, 1.165) is 5.56 Å². The summed E-state index contributed by atoms with van der Waals surface area (Å²) in [5.41, 5.74) is 1.84. The molecule has 7 nitrogen and oxygen atoms in total. The number of rotatable bonds is 7. The van der Waals surface area contributed by atoms with Crippen LogP contribution in [-0.4, -0.2) is 36.7 Å². The molecule has 0 aliphatic carbocycles. The summed E-state index contributed by atoms with van der Waals surface area (Å²) in [6, 6.07) is 13.2. The van der Waals surface area contributed by atoms with Crippen LogP contribution in [0.5, 0.6) is 0 Å². The summed E-state index contributed by atoms with van der Waals surface area (Å²) >= 11 is 0. The standard InChI is InChI=1S/C23H26N2O5/c1-15-5-7-17(8-6-15)21(28)24-13-20(27)30-14-19(26)16-9-11-18(12-10-16)25-22(29)23(2,3)4/h5-12H,13-14H2,1-4H3,(H,24,28)(H,25,29). The molecule has 0 atom stereocenters. The van der Waals surface area contributed by atoms with Crippen LogP contribution in [-0.2, 0) is 14.3 Å². The molecule has 0 fully saturated rings. The Labute approximate surface area is 175 Å². The van der Waals surface area contributed by atoms with Gasteiger partial charge in [0.05, 0.1) is 0 Å². The van der Waals surface area contributed by atoms with Crippen molar-refractivity contribution < 1.29 is 23.9 Å². The minimum atomic E-state index is -0.710. The fourth-order valence-electron chi connectivity index (χ4n) is 2.30. The average molecular weight is 410 g/mol. The molecule has 2 rings (SSSR count). The molecule has 0 bridgehead atoms. The van der Waals surface area contributed by atoms with Gasteiger partial charge in [-0.05, 0) is 43.3 Å². The van der Waals surface area contributed by atoms with Crippen LogP contribution >= 0.6 is 0 Å². The van der Waals surface area contributed by atoms with Crippen LogP contribution in [0.4, 0.5) is 5.69 Å². The maximum Gasteiger partial charge on any atom is 0.325 e. The highest BCUT2D eigenvalue weighted by Gasteiger charge is 2.21. The van der Waals surface area contributed by atoms with E-state index in [0.29, 0.717) is 16.8 Å². The zero-order valence-electron chi connectivity index (χ0n) is 17.6. The van der Waals surface area contributed by atoms with Crippen LogP contribution in [0, 0.1) is 12.3 Å². The monoisotopic (exact) mass is 410 g/mol. The third-order valence-electron chi connectivity index (χ3n) is 4.22. The second kappa shape index (κ2) is 9.82. The Morgan fingerprint density at radius 1 is 0.867 bits per heavy atom. The Bertz CT molecular complexity index is 926. The maximum atomic E-state index is 12.2. The summed E-state index contributed by atoms with van der Waals surface area (Å²) in [5.74, 6) is -1.63. The largest absolute Gasteiger partial charge is 0.456 e. The smallest absolute Gasteiger partial charge is 0.325 e. The van der Waals surface area contributed by atoms with E-state index in [9.17, 15) is 19.2 Å². The van der Waals surface area contributed by atoms with Crippen LogP contribution in [0.3, 0.4) is 0 Å². The van der Waals surface area contributed by atoms with E-state index in [1.54, 1.807) is 69.3 Å². The molecule has 2 aromatic carbocycles. The molecule has 7 heteroatoms. The van der Waals surface area contributed by atoms with E-state index in [2.05, 4.69) is 10.6 Å². The maximum absolute atomic E-state index is 12.2. The van der Waals surface area contributed by atoms with Crippen molar-refractivity contribution in [3.05, 3.63) is 65.2 Å². The summed E-state index contributed by atoms with van der Waals surface area (Å²) < 4.78 is 4.93. The number of carbonyl (C=O) groups is 4. The van der Waals surface area contributed by atoms with Gasteiger partial charge in [0.1, 0.15) is 6.54 Å². The molecule has 2 amide bonds. The van der Waals surface area contributed by atoms with Crippen LogP contribution < -0.4 is 10.6 Å². The zero-order valence-corrected chi connectivity index (χ0v) is 17.6. The van der Waals surface area contributed by atoms with E-state index < -0.39 is 23.9 Å². The van der Waals surface area contributed by atoms with Gasteiger partial charge in [-0.3, -0.25) is 19.2 Å². The number of ether oxygens (including phenoxy) is 1. The van der Waals surface area contributed by atoms with E-state index in [-0.39, 0.29) is 18.2 Å². The van der Waals surface area contributed by atoms with Gasteiger partial charge in [-0.2, -0.15) is 0 Å². The van der Waals surface area contributed by atoms with Crippen molar-refractivity contribution in [3.63, 3.8) is 0 Å². The Kier molecular flexibility index (Phi) is 7.47. The molecule has 0 aliphatic heterocycles. The lowest BCUT2D eigenvalue weighted by Gasteiger charge is -2.17. The van der Waals surface area contributed by atoms with Gasteiger partial charge >= 0.3 is 5.97 Å². The molecular formula is C23H26N2O5. The second-order valence-electron chi connectivity index (χ2n) is 7.91. The number of benzene rings is 2. The van der Waals surface area contributed by atoms with Gasteiger partial charge in [-0.25, -0.2) is 0 Å². The Morgan fingerprint density at radius 3 is 2.00 bits per heavy atom. The highest BCUT2D eigenvalue weighted by atomic mass is 16.5. The predicted octanol–water partition coefficient (Wildman–Crippen LogP) is 3.14. The minimum absolute atomic E-state index is 0.136. The summed E-state index contributed by atoms with van der Waals surface area (Å²) in [6.45, 7) is 6.55. The van der Waals surface area contributed by atoms with Crippen molar-refractivity contribution in [3.8, 4) is 0 Å². The number of carbonyl (C=O) groups excluding carboxylic acids is 4. The molecule has 0 saturated heterocycles. The lowest BCUT2D eigenvalue weighted by atomic mass is 9.95. The van der Waals surface area contributed by atoms with Gasteiger partial charge in [0.15, 0.2) is 12.4 Å². The van der Waals surface area contributed by atoms with Crippen LogP contribution in [0.25, 0.3) is 0 Å². The number of esters is 1. The molecule has 0 spiro atoms. The third kappa shape index (κ3) is 6.84. The molecule has 158 valence electrons. The van der Waals surface area contributed by atoms with Crippen molar-refractivity contribution >= 4 is 29.3 Å². The van der Waals surface area contributed by atoms with Crippen molar-refractivity contribution in [2.45, 2.75) is 27.7 Å². The molecule has 2 aromatic rings. The van der Waals surface area contributed by atoms with E-state index in [1.165, 1.54) is 0 Å². The Morgan fingerprint density at radius 2 is 1.43 bits per heavy atom. The zero-order chi connectivity index (χ0) is 22.3. The van der Waals surface area contributed by atoms with Gasteiger partial charge in [0.2, 0.25) is 5.91 Å². The predicted molar refractivity (Wildman–Crippen MR) is 113 cm³/mol. The number of hydrogen-bond acceptors (Lipinski definition) is 5. The van der Waals surface area contributed by atoms with E-state index >= 15 is 0 Å². The van der Waals surface area contributed by atoms with E-state index in [1.807, 2.05) is 6.92 Å². The van der Waals surface area contributed by atoms with Crippen molar-refractivity contribution in [2.24, 2.45) is 5.41 Å². The van der Waals surface area contributed by atoms with Crippen molar-refractivity contribution in [1.82, 2.24) is 5.32 Å². The quantitative estimate of drug-likeness (QED) is 0.539. The molecule has 0 radical (unpaired) electrons. The summed E-state index contributed by atoms with van der Waals surface area (Å²) in [4.78, 5) is 47.9. The first kappa shape index (κ1) is 22.8. The van der Waals surface area contributed by atoms with Crippen LogP contribution in [0.2, 0.25) is 0 Å². The number of hydrogen-bond donors (Lipinski definition) is 2. The van der Waals surface area contributed by atoms with Gasteiger partial charge in [-0.1, -0.05) is 38.5 Å². The lowest BCUT2D eigenvalue weighted by Crippen LogP contribution is -2.31. The van der Waals surface area contributed by atoms with E-state index in [4.69, 9.17) is 4.74 Å². The lowest BCUT2D eigenvalue weighted by molar-refractivity contribution is -0.141. The number of anilines is 1.